The molecular weight excluding hydrogens is 423 g/mol. The molecule has 1 saturated heterocycles. The van der Waals surface area contributed by atoms with Gasteiger partial charge in [-0.2, -0.15) is 13.2 Å². The van der Waals surface area contributed by atoms with Gasteiger partial charge in [0.25, 0.3) is 5.91 Å². The van der Waals surface area contributed by atoms with Crippen LogP contribution < -0.4 is 0 Å². The van der Waals surface area contributed by atoms with Crippen LogP contribution in [0.15, 0.2) is 48.1 Å². The van der Waals surface area contributed by atoms with E-state index in [2.05, 4.69) is 9.97 Å². The molecule has 1 aromatic carbocycles. The number of rotatable bonds is 4. The van der Waals surface area contributed by atoms with Crippen LogP contribution in [-0.2, 0) is 12.6 Å². The van der Waals surface area contributed by atoms with Crippen LogP contribution in [0.2, 0.25) is 0 Å². The number of carbonyl (C=O) groups excluding carboxylic acids is 1. The first-order chi connectivity index (χ1) is 14.8. The molecular formula is C23H22F3N3OS. The highest BCUT2D eigenvalue weighted by Crippen LogP contribution is 2.31. The fourth-order valence-electron chi connectivity index (χ4n) is 3.93. The third-order valence-corrected chi connectivity index (χ3v) is 6.49. The van der Waals surface area contributed by atoms with Gasteiger partial charge in [0.05, 0.1) is 16.8 Å². The highest BCUT2D eigenvalue weighted by Gasteiger charge is 2.30. The van der Waals surface area contributed by atoms with E-state index in [-0.39, 0.29) is 11.8 Å². The van der Waals surface area contributed by atoms with Crippen molar-refractivity contribution in [2.45, 2.75) is 38.3 Å². The molecule has 1 aliphatic rings. The Bertz CT molecular complexity index is 1060. The van der Waals surface area contributed by atoms with E-state index in [4.69, 9.17) is 0 Å². The average molecular weight is 446 g/mol. The molecule has 1 fully saturated rings. The number of benzene rings is 1. The van der Waals surface area contributed by atoms with Gasteiger partial charge < -0.3 is 4.90 Å². The van der Waals surface area contributed by atoms with Crippen molar-refractivity contribution in [2.24, 2.45) is 0 Å². The molecule has 1 atom stereocenters. The first-order valence-corrected chi connectivity index (χ1v) is 11.0. The number of aromatic nitrogens is 2. The fraction of sp³-hybridized carbons (Fsp3) is 0.348. The van der Waals surface area contributed by atoms with Gasteiger partial charge >= 0.3 is 6.18 Å². The Labute approximate surface area is 182 Å². The number of hydrogen-bond acceptors (Lipinski definition) is 4. The Morgan fingerprint density at radius 3 is 2.71 bits per heavy atom. The summed E-state index contributed by atoms with van der Waals surface area (Å²) in [5.74, 6) is 0.166. The minimum Gasteiger partial charge on any atom is -0.337 e. The molecule has 4 nitrogen and oxygen atoms in total. The molecule has 4 rings (SSSR count). The average Bonchev–Trinajstić information content (AvgIpc) is 3.19. The van der Waals surface area contributed by atoms with E-state index in [0.717, 1.165) is 42.4 Å². The van der Waals surface area contributed by atoms with Crippen LogP contribution in [0.25, 0.3) is 0 Å². The van der Waals surface area contributed by atoms with Crippen molar-refractivity contribution >= 4 is 17.2 Å². The van der Waals surface area contributed by atoms with Gasteiger partial charge in [-0.25, -0.2) is 4.98 Å². The highest BCUT2D eigenvalue weighted by molar-refractivity contribution is 7.11. The number of halogens is 3. The number of pyridine rings is 1. The molecule has 0 N–H and O–H groups in total. The van der Waals surface area contributed by atoms with E-state index in [0.29, 0.717) is 23.4 Å². The molecule has 8 heteroatoms. The first-order valence-electron chi connectivity index (χ1n) is 10.1. The van der Waals surface area contributed by atoms with Crippen molar-refractivity contribution in [3.63, 3.8) is 0 Å². The van der Waals surface area contributed by atoms with E-state index in [1.54, 1.807) is 17.8 Å². The number of piperidine rings is 1. The Balaban J connectivity index is 1.43. The monoisotopic (exact) mass is 445 g/mol. The van der Waals surface area contributed by atoms with Crippen molar-refractivity contribution in [1.29, 1.82) is 0 Å². The summed E-state index contributed by atoms with van der Waals surface area (Å²) in [5.41, 5.74) is 4.17. The molecule has 0 unspecified atom stereocenters. The summed E-state index contributed by atoms with van der Waals surface area (Å²) in [6.07, 6.45) is -0.381. The van der Waals surface area contributed by atoms with E-state index in [1.165, 1.54) is 23.5 Å². The lowest BCUT2D eigenvalue weighted by Gasteiger charge is -2.32. The van der Waals surface area contributed by atoms with Crippen LogP contribution in [0.1, 0.15) is 56.5 Å². The van der Waals surface area contributed by atoms with E-state index in [1.807, 2.05) is 24.0 Å². The first kappa shape index (κ1) is 21.5. The number of nitrogens with zero attached hydrogens (tertiary/aromatic N) is 3. The van der Waals surface area contributed by atoms with E-state index < -0.39 is 11.7 Å². The molecule has 0 spiro atoms. The summed E-state index contributed by atoms with van der Waals surface area (Å²) in [6.45, 7) is 3.17. The summed E-state index contributed by atoms with van der Waals surface area (Å²) in [5, 5.41) is 0. The number of alkyl halides is 3. The number of carbonyl (C=O) groups is 1. The maximum atomic E-state index is 12.9. The highest BCUT2D eigenvalue weighted by atomic mass is 32.1. The van der Waals surface area contributed by atoms with Crippen LogP contribution in [0.4, 0.5) is 13.2 Å². The standard InChI is InChI=1S/C23H22F3N3OS/c1-15-21(31-14-28-15)22(30)29-9-3-5-18(13-29)20-8-7-17(12-27-20)10-16-4-2-6-19(11-16)23(24,25)26/h2,4,6-8,11-12,14,18H,3,5,9-10,13H2,1H3/t18-/m1/s1. The van der Waals surface area contributed by atoms with Gasteiger partial charge in [-0.15, -0.1) is 11.3 Å². The van der Waals surface area contributed by atoms with Crippen LogP contribution >= 0.6 is 11.3 Å². The zero-order chi connectivity index (χ0) is 22.0. The molecule has 2 aromatic heterocycles. The fourth-order valence-corrected chi connectivity index (χ4v) is 4.70. The Kier molecular flexibility index (Phi) is 6.09. The maximum Gasteiger partial charge on any atom is 0.416 e. The zero-order valence-corrected chi connectivity index (χ0v) is 17.8. The minimum atomic E-state index is -4.35. The molecule has 1 amide bonds. The topological polar surface area (TPSA) is 46.1 Å². The Morgan fingerprint density at radius 1 is 1.19 bits per heavy atom. The normalized spacial score (nSPS) is 17.0. The number of aryl methyl sites for hydroxylation is 1. The zero-order valence-electron chi connectivity index (χ0n) is 17.0. The van der Waals surface area contributed by atoms with Gasteiger partial charge in [0.15, 0.2) is 0 Å². The van der Waals surface area contributed by atoms with E-state index in [9.17, 15) is 18.0 Å². The van der Waals surface area contributed by atoms with Crippen LogP contribution in [0, 0.1) is 6.92 Å². The Morgan fingerprint density at radius 2 is 2.03 bits per heavy atom. The van der Waals surface area contributed by atoms with E-state index >= 15 is 0 Å². The third kappa shape index (κ3) is 4.95. The number of thiazole rings is 1. The largest absolute Gasteiger partial charge is 0.416 e. The lowest BCUT2D eigenvalue weighted by molar-refractivity contribution is -0.137. The molecule has 0 aliphatic carbocycles. The van der Waals surface area contributed by atoms with Gasteiger partial charge in [-0.1, -0.05) is 24.3 Å². The molecule has 0 saturated carbocycles. The molecule has 1 aliphatic heterocycles. The van der Waals surface area contributed by atoms with Gasteiger partial charge in [0.2, 0.25) is 0 Å². The Hall–Kier alpha value is -2.74. The van der Waals surface area contributed by atoms with Crippen LogP contribution in [0.5, 0.6) is 0 Å². The molecule has 3 heterocycles. The lowest BCUT2D eigenvalue weighted by atomic mass is 9.93. The van der Waals surface area contributed by atoms with Gasteiger partial charge in [0, 0.05) is 30.9 Å². The van der Waals surface area contributed by atoms with Gasteiger partial charge in [-0.05, 0) is 49.4 Å². The molecule has 3 aromatic rings. The quantitative estimate of drug-likeness (QED) is 0.535. The molecule has 0 bridgehead atoms. The number of likely N-dealkylation sites (tertiary alicyclic amines) is 1. The van der Waals surface area contributed by atoms with Crippen LogP contribution in [-0.4, -0.2) is 33.9 Å². The SMILES string of the molecule is Cc1ncsc1C(=O)N1CCC[C@@H](c2ccc(Cc3cccc(C(F)(F)F)c3)cn2)C1. The summed E-state index contributed by atoms with van der Waals surface area (Å²) < 4.78 is 38.8. The second kappa shape index (κ2) is 8.78. The second-order valence-corrected chi connectivity index (χ2v) is 8.68. The van der Waals surface area contributed by atoms with Crippen molar-refractivity contribution in [3.05, 3.63) is 81.1 Å². The molecule has 31 heavy (non-hydrogen) atoms. The summed E-state index contributed by atoms with van der Waals surface area (Å²) in [6, 6.07) is 9.22. The van der Waals surface area contributed by atoms with Crippen molar-refractivity contribution in [2.75, 3.05) is 13.1 Å². The maximum absolute atomic E-state index is 12.9. The summed E-state index contributed by atoms with van der Waals surface area (Å²) in [4.78, 5) is 24.1. The minimum absolute atomic E-state index is 0.0193. The molecule has 0 radical (unpaired) electrons. The van der Waals surface area contributed by atoms with Crippen molar-refractivity contribution in [1.82, 2.24) is 14.9 Å². The summed E-state index contributed by atoms with van der Waals surface area (Å²) >= 11 is 1.37. The van der Waals surface area contributed by atoms with Crippen LogP contribution in [0.3, 0.4) is 0 Å². The van der Waals surface area contributed by atoms with Gasteiger partial charge in [0.1, 0.15) is 4.88 Å². The molecule has 162 valence electrons. The third-order valence-electron chi connectivity index (χ3n) is 5.58. The van der Waals surface area contributed by atoms with Crippen molar-refractivity contribution < 1.29 is 18.0 Å². The number of hydrogen-bond donors (Lipinski definition) is 0. The predicted octanol–water partition coefficient (Wildman–Crippen LogP) is 5.48. The predicted molar refractivity (Wildman–Crippen MR) is 113 cm³/mol. The second-order valence-electron chi connectivity index (χ2n) is 7.82. The number of amides is 1. The van der Waals surface area contributed by atoms with Crippen molar-refractivity contribution in [3.8, 4) is 0 Å². The lowest BCUT2D eigenvalue weighted by Crippen LogP contribution is -2.39. The van der Waals surface area contributed by atoms with Gasteiger partial charge in [-0.3, -0.25) is 9.78 Å². The smallest absolute Gasteiger partial charge is 0.337 e. The summed E-state index contributed by atoms with van der Waals surface area (Å²) in [7, 11) is 0.